The minimum absolute atomic E-state index is 0.00397. The van der Waals surface area contributed by atoms with Gasteiger partial charge in [0.25, 0.3) is 10.0 Å². The Morgan fingerprint density at radius 3 is 2.62 bits per heavy atom. The van der Waals surface area contributed by atoms with E-state index in [0.717, 1.165) is 6.07 Å². The van der Waals surface area contributed by atoms with Crippen LogP contribution in [0.4, 0.5) is 10.1 Å². The summed E-state index contributed by atoms with van der Waals surface area (Å²) in [6.07, 6.45) is 0. The standard InChI is InChI=1S/C14H13ClFNO3S/c1-2-20-14-7-6-11(9-13(14)16)17-21(18,19)12-5-3-4-10(15)8-12/h3-9,17H,2H2,1H3. The van der Waals surface area contributed by atoms with Crippen molar-refractivity contribution < 1.29 is 17.5 Å². The van der Waals surface area contributed by atoms with E-state index in [2.05, 4.69) is 4.72 Å². The molecule has 0 aliphatic carbocycles. The minimum atomic E-state index is -3.82. The van der Waals surface area contributed by atoms with Gasteiger partial charge in [-0.25, -0.2) is 12.8 Å². The number of hydrogen-bond donors (Lipinski definition) is 1. The van der Waals surface area contributed by atoms with Crippen LogP contribution in [-0.4, -0.2) is 15.0 Å². The smallest absolute Gasteiger partial charge is 0.261 e. The molecule has 112 valence electrons. The van der Waals surface area contributed by atoms with Crippen LogP contribution in [0.5, 0.6) is 5.75 Å². The summed E-state index contributed by atoms with van der Waals surface area (Å²) < 4.78 is 45.3. The number of hydrogen-bond acceptors (Lipinski definition) is 3. The quantitative estimate of drug-likeness (QED) is 0.910. The maximum atomic E-state index is 13.7. The normalized spacial score (nSPS) is 11.2. The first kappa shape index (κ1) is 15.6. The molecule has 0 saturated carbocycles. The summed E-state index contributed by atoms with van der Waals surface area (Å²) in [6.45, 7) is 2.06. The third-order valence-electron chi connectivity index (χ3n) is 2.59. The molecule has 0 aliphatic rings. The van der Waals surface area contributed by atoms with Crippen molar-refractivity contribution >= 4 is 27.3 Å². The summed E-state index contributed by atoms with van der Waals surface area (Å²) in [7, 11) is -3.82. The Hall–Kier alpha value is -1.79. The van der Waals surface area contributed by atoms with E-state index >= 15 is 0 Å². The number of sulfonamides is 1. The number of benzene rings is 2. The third-order valence-corrected chi connectivity index (χ3v) is 4.20. The van der Waals surface area contributed by atoms with Crippen molar-refractivity contribution in [3.8, 4) is 5.75 Å². The van der Waals surface area contributed by atoms with E-state index in [4.69, 9.17) is 16.3 Å². The lowest BCUT2D eigenvalue weighted by Crippen LogP contribution is -2.13. The highest BCUT2D eigenvalue weighted by Gasteiger charge is 2.15. The molecule has 1 N–H and O–H groups in total. The van der Waals surface area contributed by atoms with Crippen LogP contribution in [0, 0.1) is 5.82 Å². The molecule has 0 unspecified atom stereocenters. The lowest BCUT2D eigenvalue weighted by Gasteiger charge is -2.10. The van der Waals surface area contributed by atoms with E-state index in [0.29, 0.717) is 11.6 Å². The second kappa shape index (κ2) is 6.32. The molecule has 0 amide bonds. The van der Waals surface area contributed by atoms with Crippen molar-refractivity contribution in [1.82, 2.24) is 0 Å². The molecule has 0 heterocycles. The number of anilines is 1. The van der Waals surface area contributed by atoms with E-state index in [9.17, 15) is 12.8 Å². The molecule has 4 nitrogen and oxygen atoms in total. The third kappa shape index (κ3) is 3.86. The molecule has 0 atom stereocenters. The Kier molecular flexibility index (Phi) is 4.69. The Balaban J connectivity index is 2.27. The zero-order valence-electron chi connectivity index (χ0n) is 11.1. The van der Waals surface area contributed by atoms with Crippen LogP contribution in [0.2, 0.25) is 5.02 Å². The lowest BCUT2D eigenvalue weighted by atomic mass is 10.3. The fourth-order valence-corrected chi connectivity index (χ4v) is 3.04. The van der Waals surface area contributed by atoms with Gasteiger partial charge in [-0.15, -0.1) is 0 Å². The molecule has 2 aromatic carbocycles. The summed E-state index contributed by atoms with van der Waals surface area (Å²) in [5.74, 6) is -0.564. The first-order valence-electron chi connectivity index (χ1n) is 6.13. The molecule has 0 bridgehead atoms. The van der Waals surface area contributed by atoms with Gasteiger partial charge in [-0.05, 0) is 37.3 Å². The molecule has 2 aromatic rings. The second-order valence-electron chi connectivity index (χ2n) is 4.14. The fraction of sp³-hybridized carbons (Fsp3) is 0.143. The van der Waals surface area contributed by atoms with E-state index in [1.807, 2.05) is 0 Å². The van der Waals surface area contributed by atoms with Crippen LogP contribution in [0.25, 0.3) is 0 Å². The highest BCUT2D eigenvalue weighted by atomic mass is 35.5. The Morgan fingerprint density at radius 1 is 1.24 bits per heavy atom. The molecule has 0 spiro atoms. The number of halogens is 2. The van der Waals surface area contributed by atoms with Gasteiger partial charge in [0.1, 0.15) is 0 Å². The van der Waals surface area contributed by atoms with Crippen molar-refractivity contribution in [1.29, 1.82) is 0 Å². The summed E-state index contributed by atoms with van der Waals surface area (Å²) in [5.41, 5.74) is 0.107. The molecule has 21 heavy (non-hydrogen) atoms. The molecule has 0 fully saturated rings. The van der Waals surface area contributed by atoms with Gasteiger partial charge >= 0.3 is 0 Å². The summed E-state index contributed by atoms with van der Waals surface area (Å²) >= 11 is 5.77. The van der Waals surface area contributed by atoms with Gasteiger partial charge in [-0.3, -0.25) is 4.72 Å². The second-order valence-corrected chi connectivity index (χ2v) is 6.26. The van der Waals surface area contributed by atoms with Crippen molar-refractivity contribution in [2.75, 3.05) is 11.3 Å². The molecular formula is C14H13ClFNO3S. The topological polar surface area (TPSA) is 55.4 Å². The predicted octanol–water partition coefficient (Wildman–Crippen LogP) is 3.68. The summed E-state index contributed by atoms with van der Waals surface area (Å²) in [6, 6.07) is 9.67. The van der Waals surface area contributed by atoms with Gasteiger partial charge in [0.05, 0.1) is 17.2 Å². The van der Waals surface area contributed by atoms with E-state index < -0.39 is 15.8 Å². The maximum Gasteiger partial charge on any atom is 0.261 e. The summed E-state index contributed by atoms with van der Waals surface area (Å²) in [4.78, 5) is 0.00397. The van der Waals surface area contributed by atoms with Gasteiger partial charge in [0, 0.05) is 11.1 Å². The van der Waals surface area contributed by atoms with Crippen LogP contribution >= 0.6 is 11.6 Å². The number of ether oxygens (including phenoxy) is 1. The van der Waals surface area contributed by atoms with E-state index in [1.165, 1.54) is 30.3 Å². The van der Waals surface area contributed by atoms with E-state index in [1.54, 1.807) is 13.0 Å². The first-order valence-corrected chi connectivity index (χ1v) is 7.99. The molecule has 0 aromatic heterocycles. The van der Waals surface area contributed by atoms with Gasteiger partial charge in [0.2, 0.25) is 0 Å². The van der Waals surface area contributed by atoms with Crippen molar-refractivity contribution in [3.05, 3.63) is 53.3 Å². The van der Waals surface area contributed by atoms with Gasteiger partial charge in [0.15, 0.2) is 11.6 Å². The van der Waals surface area contributed by atoms with Crippen molar-refractivity contribution in [3.63, 3.8) is 0 Å². The highest BCUT2D eigenvalue weighted by Crippen LogP contribution is 2.24. The predicted molar refractivity (Wildman–Crippen MR) is 79.8 cm³/mol. The molecular weight excluding hydrogens is 317 g/mol. The molecule has 0 aliphatic heterocycles. The van der Waals surface area contributed by atoms with Gasteiger partial charge in [-0.2, -0.15) is 0 Å². The average Bonchev–Trinajstić information content (AvgIpc) is 2.42. The number of nitrogens with one attached hydrogen (secondary N) is 1. The minimum Gasteiger partial charge on any atom is -0.491 e. The van der Waals surface area contributed by atoms with Crippen molar-refractivity contribution in [2.24, 2.45) is 0 Å². The van der Waals surface area contributed by atoms with Gasteiger partial charge < -0.3 is 4.74 Å². The van der Waals surface area contributed by atoms with E-state index in [-0.39, 0.29) is 16.3 Å². The van der Waals surface area contributed by atoms with Gasteiger partial charge in [-0.1, -0.05) is 17.7 Å². The zero-order chi connectivity index (χ0) is 15.5. The molecule has 7 heteroatoms. The largest absolute Gasteiger partial charge is 0.491 e. The molecule has 0 saturated heterocycles. The monoisotopic (exact) mass is 329 g/mol. The Labute approximate surface area is 127 Å². The lowest BCUT2D eigenvalue weighted by molar-refractivity contribution is 0.321. The van der Waals surface area contributed by atoms with Crippen molar-refractivity contribution in [2.45, 2.75) is 11.8 Å². The first-order chi connectivity index (χ1) is 9.92. The molecule has 2 rings (SSSR count). The average molecular weight is 330 g/mol. The maximum absolute atomic E-state index is 13.7. The number of rotatable bonds is 5. The van der Waals surface area contributed by atoms with Crippen LogP contribution in [0.15, 0.2) is 47.4 Å². The van der Waals surface area contributed by atoms with Crippen LogP contribution in [0.1, 0.15) is 6.92 Å². The van der Waals surface area contributed by atoms with Crippen LogP contribution in [0.3, 0.4) is 0 Å². The zero-order valence-corrected chi connectivity index (χ0v) is 12.7. The Bertz CT molecular complexity index is 750. The highest BCUT2D eigenvalue weighted by molar-refractivity contribution is 7.92. The fourth-order valence-electron chi connectivity index (χ4n) is 1.69. The Morgan fingerprint density at radius 2 is 2.00 bits per heavy atom. The van der Waals surface area contributed by atoms with Crippen LogP contribution in [-0.2, 0) is 10.0 Å². The summed E-state index contributed by atoms with van der Waals surface area (Å²) in [5, 5.41) is 0.302. The SMILES string of the molecule is CCOc1ccc(NS(=O)(=O)c2cccc(Cl)c2)cc1F. The molecule has 0 radical (unpaired) electrons. The van der Waals surface area contributed by atoms with Crippen LogP contribution < -0.4 is 9.46 Å².